The van der Waals surface area contributed by atoms with Crippen LogP contribution in [-0.2, 0) is 9.84 Å². The maximum absolute atomic E-state index is 11.8. The van der Waals surface area contributed by atoms with Crippen molar-refractivity contribution in [2.75, 3.05) is 50.8 Å². The highest BCUT2D eigenvalue weighted by Crippen LogP contribution is 2.33. The van der Waals surface area contributed by atoms with Crippen molar-refractivity contribution < 1.29 is 13.2 Å². The van der Waals surface area contributed by atoms with Crippen LogP contribution in [0.25, 0.3) is 16.8 Å². The molecule has 0 bridgehead atoms. The van der Waals surface area contributed by atoms with Crippen molar-refractivity contribution in [3.8, 4) is 17.0 Å². The van der Waals surface area contributed by atoms with Crippen LogP contribution in [0.3, 0.4) is 0 Å². The van der Waals surface area contributed by atoms with Crippen LogP contribution >= 0.6 is 0 Å². The average Bonchev–Trinajstić information content (AvgIpc) is 3.32. The van der Waals surface area contributed by atoms with E-state index in [1.807, 2.05) is 18.2 Å². The first-order valence-electron chi connectivity index (χ1n) is 12.2. The molecule has 1 aliphatic heterocycles. The van der Waals surface area contributed by atoms with E-state index in [0.29, 0.717) is 12.0 Å². The van der Waals surface area contributed by atoms with Crippen molar-refractivity contribution in [1.82, 2.24) is 19.5 Å². The molecule has 1 fully saturated rings. The molecule has 3 heterocycles. The number of aromatic nitrogens is 3. The first-order valence-corrected chi connectivity index (χ1v) is 14.1. The van der Waals surface area contributed by atoms with Gasteiger partial charge in [0.1, 0.15) is 5.75 Å². The smallest absolute Gasteiger partial charge is 0.245 e. The van der Waals surface area contributed by atoms with E-state index in [2.05, 4.69) is 46.3 Å². The summed E-state index contributed by atoms with van der Waals surface area (Å²) in [5.74, 6) is 1.15. The molecule has 1 N–H and O–H groups in total. The van der Waals surface area contributed by atoms with Crippen molar-refractivity contribution in [2.24, 2.45) is 0 Å². The van der Waals surface area contributed by atoms with Gasteiger partial charge in [0.05, 0.1) is 35.1 Å². The molecule has 0 saturated carbocycles. The highest BCUT2D eigenvalue weighted by Gasteiger charge is 2.21. The summed E-state index contributed by atoms with van der Waals surface area (Å²) in [6.45, 7) is 2.03. The van der Waals surface area contributed by atoms with E-state index in [4.69, 9.17) is 9.84 Å². The standard InChI is InChI=1S/C27H32N6O3S/c1-31(2)20-13-15-32(16-14-20)21-7-11-24(26(17-21)36-3)29-27-28-18-22-8-12-25(33(22)30-27)19-5-9-23(10-6-19)37(4,34)35/h5-12,17-18,20H,13-16H2,1-4H3,(H,29,30). The molecular formula is C27H32N6O3S. The zero-order valence-corrected chi connectivity index (χ0v) is 22.4. The normalized spacial score (nSPS) is 14.9. The van der Waals surface area contributed by atoms with Gasteiger partial charge in [-0.1, -0.05) is 12.1 Å². The number of rotatable bonds is 7. The topological polar surface area (TPSA) is 92.1 Å². The predicted molar refractivity (Wildman–Crippen MR) is 147 cm³/mol. The molecule has 0 atom stereocenters. The zero-order valence-electron chi connectivity index (χ0n) is 21.5. The van der Waals surface area contributed by atoms with Gasteiger partial charge in [0.25, 0.3) is 0 Å². The molecule has 4 aromatic rings. The molecule has 1 aliphatic rings. The Morgan fingerprint density at radius 2 is 1.76 bits per heavy atom. The molecule has 0 unspecified atom stereocenters. The number of fused-ring (bicyclic) bond motifs is 1. The summed E-state index contributed by atoms with van der Waals surface area (Å²) in [6, 6.07) is 17.5. The van der Waals surface area contributed by atoms with Gasteiger partial charge in [-0.25, -0.2) is 17.9 Å². The fourth-order valence-electron chi connectivity index (χ4n) is 4.79. The molecule has 10 heteroatoms. The zero-order chi connectivity index (χ0) is 26.2. The Kier molecular flexibility index (Phi) is 6.78. The molecule has 194 valence electrons. The van der Waals surface area contributed by atoms with E-state index < -0.39 is 9.84 Å². The Balaban J connectivity index is 1.38. The lowest BCUT2D eigenvalue weighted by atomic mass is 10.0. The third-order valence-corrected chi connectivity index (χ3v) is 8.10. The van der Waals surface area contributed by atoms with Gasteiger partial charge in [-0.15, -0.1) is 5.10 Å². The molecule has 9 nitrogen and oxygen atoms in total. The van der Waals surface area contributed by atoms with Gasteiger partial charge in [-0.3, -0.25) is 0 Å². The van der Waals surface area contributed by atoms with Crippen LogP contribution < -0.4 is 15.0 Å². The van der Waals surface area contributed by atoms with E-state index in [1.54, 1.807) is 42.1 Å². The number of hydrogen-bond donors (Lipinski definition) is 1. The lowest BCUT2D eigenvalue weighted by molar-refractivity contribution is 0.249. The molecule has 2 aromatic carbocycles. The third kappa shape index (κ3) is 5.26. The fraction of sp³-hybridized carbons (Fsp3) is 0.333. The number of benzene rings is 2. The monoisotopic (exact) mass is 520 g/mol. The van der Waals surface area contributed by atoms with Crippen LogP contribution in [0.2, 0.25) is 0 Å². The first kappa shape index (κ1) is 25.0. The van der Waals surface area contributed by atoms with E-state index in [9.17, 15) is 8.42 Å². The highest BCUT2D eigenvalue weighted by molar-refractivity contribution is 7.90. The van der Waals surface area contributed by atoms with Gasteiger partial charge in [0.15, 0.2) is 9.84 Å². The minimum atomic E-state index is -3.25. The summed E-state index contributed by atoms with van der Waals surface area (Å²) < 4.78 is 31.1. The van der Waals surface area contributed by atoms with Crippen molar-refractivity contribution >= 4 is 32.7 Å². The number of ether oxygens (including phenoxy) is 1. The predicted octanol–water partition coefficient (Wildman–Crippen LogP) is 4.08. The van der Waals surface area contributed by atoms with Crippen LogP contribution in [-0.4, -0.2) is 74.5 Å². The summed E-state index contributed by atoms with van der Waals surface area (Å²) in [5, 5.41) is 7.99. The van der Waals surface area contributed by atoms with Crippen molar-refractivity contribution in [2.45, 2.75) is 23.8 Å². The number of nitrogens with zero attached hydrogens (tertiary/aromatic N) is 5. The van der Waals surface area contributed by atoms with E-state index in [-0.39, 0.29) is 4.90 Å². The Labute approximate surface area is 217 Å². The molecule has 0 spiro atoms. The van der Waals surface area contributed by atoms with Gasteiger partial charge in [0, 0.05) is 42.7 Å². The molecule has 5 rings (SSSR count). The lowest BCUT2D eigenvalue weighted by Gasteiger charge is -2.36. The molecule has 2 aromatic heterocycles. The second kappa shape index (κ2) is 10.0. The number of anilines is 3. The Bertz CT molecular complexity index is 1510. The van der Waals surface area contributed by atoms with Crippen molar-refractivity contribution in [1.29, 1.82) is 0 Å². The van der Waals surface area contributed by atoms with Gasteiger partial charge < -0.3 is 19.9 Å². The van der Waals surface area contributed by atoms with Gasteiger partial charge in [-0.2, -0.15) is 0 Å². The molecule has 1 saturated heterocycles. The fourth-order valence-corrected chi connectivity index (χ4v) is 5.42. The number of piperidine rings is 1. The molecular weight excluding hydrogens is 488 g/mol. The van der Waals surface area contributed by atoms with Crippen LogP contribution in [0.4, 0.5) is 17.3 Å². The minimum absolute atomic E-state index is 0.284. The van der Waals surface area contributed by atoms with Crippen LogP contribution in [0, 0.1) is 0 Å². The molecule has 0 aliphatic carbocycles. The summed E-state index contributed by atoms with van der Waals surface area (Å²) in [7, 11) is 2.70. The molecule has 0 radical (unpaired) electrons. The van der Waals surface area contributed by atoms with Crippen LogP contribution in [0.1, 0.15) is 12.8 Å². The number of methoxy groups -OCH3 is 1. The Hall–Kier alpha value is -3.63. The number of sulfone groups is 1. The van der Waals surface area contributed by atoms with Crippen LogP contribution in [0.15, 0.2) is 65.7 Å². The summed E-state index contributed by atoms with van der Waals surface area (Å²) in [4.78, 5) is 9.47. The summed E-state index contributed by atoms with van der Waals surface area (Å²) in [6.07, 6.45) is 5.23. The Morgan fingerprint density at radius 3 is 2.41 bits per heavy atom. The summed E-state index contributed by atoms with van der Waals surface area (Å²) in [5.41, 5.74) is 4.44. The quantitative estimate of drug-likeness (QED) is 0.390. The second-order valence-electron chi connectivity index (χ2n) is 9.63. The maximum atomic E-state index is 11.8. The minimum Gasteiger partial charge on any atom is -0.494 e. The van der Waals surface area contributed by atoms with Gasteiger partial charge >= 0.3 is 0 Å². The molecule has 0 amide bonds. The maximum Gasteiger partial charge on any atom is 0.245 e. The van der Waals surface area contributed by atoms with Gasteiger partial charge in [-0.05, 0) is 63.3 Å². The average molecular weight is 521 g/mol. The SMILES string of the molecule is COc1cc(N2CCC(N(C)C)CC2)ccc1Nc1ncc2ccc(-c3ccc(S(C)(=O)=O)cc3)n2n1. The summed E-state index contributed by atoms with van der Waals surface area (Å²) >= 11 is 0. The Morgan fingerprint density at radius 1 is 1.03 bits per heavy atom. The lowest BCUT2D eigenvalue weighted by Crippen LogP contribution is -2.41. The van der Waals surface area contributed by atoms with E-state index in [0.717, 1.165) is 59.8 Å². The highest BCUT2D eigenvalue weighted by atomic mass is 32.2. The largest absolute Gasteiger partial charge is 0.494 e. The van der Waals surface area contributed by atoms with Crippen LogP contribution in [0.5, 0.6) is 5.75 Å². The first-order chi connectivity index (χ1) is 17.7. The molecule has 37 heavy (non-hydrogen) atoms. The van der Waals surface area contributed by atoms with Crippen molar-refractivity contribution in [3.05, 3.63) is 60.8 Å². The van der Waals surface area contributed by atoms with Crippen molar-refractivity contribution in [3.63, 3.8) is 0 Å². The number of nitrogens with one attached hydrogen (secondary N) is 1. The second-order valence-corrected chi connectivity index (χ2v) is 11.6. The van der Waals surface area contributed by atoms with E-state index >= 15 is 0 Å². The third-order valence-electron chi connectivity index (χ3n) is 6.97. The van der Waals surface area contributed by atoms with E-state index in [1.165, 1.54) is 6.26 Å². The van der Waals surface area contributed by atoms with Gasteiger partial charge in [0.2, 0.25) is 5.95 Å². The number of hydrogen-bond acceptors (Lipinski definition) is 8.